The van der Waals surface area contributed by atoms with Crippen molar-refractivity contribution in [3.63, 3.8) is 0 Å². The van der Waals surface area contributed by atoms with Crippen LogP contribution < -0.4 is 5.46 Å². The maximum atomic E-state index is 14.5. The summed E-state index contributed by atoms with van der Waals surface area (Å²) in [6.07, 6.45) is -0.332. The number of benzene rings is 1. The number of rotatable bonds is 3. The smallest absolute Gasteiger partial charge is 0.399 e. The van der Waals surface area contributed by atoms with Gasteiger partial charge >= 0.3 is 7.12 Å². The van der Waals surface area contributed by atoms with Gasteiger partial charge < -0.3 is 9.31 Å². The van der Waals surface area contributed by atoms with Crippen LogP contribution in [0.5, 0.6) is 0 Å². The van der Waals surface area contributed by atoms with Gasteiger partial charge in [0.25, 0.3) is 5.92 Å². The second kappa shape index (κ2) is 6.29. The van der Waals surface area contributed by atoms with E-state index in [0.717, 1.165) is 0 Å². The lowest BCUT2D eigenvalue weighted by Gasteiger charge is -2.32. The van der Waals surface area contributed by atoms with Gasteiger partial charge in [-0.05, 0) is 39.2 Å². The Morgan fingerprint density at radius 1 is 1.04 bits per heavy atom. The van der Waals surface area contributed by atoms with Gasteiger partial charge in [-0.1, -0.05) is 12.1 Å². The number of alkyl halides is 2. The minimum absolute atomic E-state index is 0.166. The van der Waals surface area contributed by atoms with E-state index in [1.165, 1.54) is 6.07 Å². The fourth-order valence-electron chi connectivity index (χ4n) is 3.10. The molecule has 7 heteroatoms. The first-order valence-electron chi connectivity index (χ1n) is 8.73. The third kappa shape index (κ3) is 3.88. The summed E-state index contributed by atoms with van der Waals surface area (Å²) in [4.78, 5) is 1.87. The lowest BCUT2D eigenvalue weighted by molar-refractivity contribution is -0.0567. The molecule has 1 aromatic carbocycles. The molecule has 3 nitrogen and oxygen atoms in total. The lowest BCUT2D eigenvalue weighted by atomic mass is 9.78. The first-order chi connectivity index (χ1) is 11.5. The molecule has 0 amide bonds. The van der Waals surface area contributed by atoms with Gasteiger partial charge in [-0.15, -0.1) is 0 Å². The van der Waals surface area contributed by atoms with Crippen molar-refractivity contribution >= 4 is 12.6 Å². The predicted octanol–water partition coefficient (Wildman–Crippen LogP) is 3.36. The normalized spacial score (nSPS) is 25.3. The Labute approximate surface area is 147 Å². The molecule has 1 aromatic rings. The van der Waals surface area contributed by atoms with Crippen LogP contribution in [-0.2, 0) is 15.9 Å². The van der Waals surface area contributed by atoms with Crippen LogP contribution >= 0.6 is 0 Å². The molecule has 0 atom stereocenters. The van der Waals surface area contributed by atoms with Gasteiger partial charge in [0.05, 0.1) is 11.2 Å². The first kappa shape index (κ1) is 18.7. The monoisotopic (exact) mass is 355 g/mol. The number of hydrogen-bond acceptors (Lipinski definition) is 3. The summed E-state index contributed by atoms with van der Waals surface area (Å²) >= 11 is 0. The van der Waals surface area contributed by atoms with Crippen molar-refractivity contribution in [1.82, 2.24) is 4.90 Å². The van der Waals surface area contributed by atoms with E-state index in [1.54, 1.807) is 12.1 Å². The van der Waals surface area contributed by atoms with E-state index in [4.69, 9.17) is 9.31 Å². The maximum absolute atomic E-state index is 14.5. The van der Waals surface area contributed by atoms with E-state index in [-0.39, 0.29) is 31.7 Å². The molecule has 2 aliphatic heterocycles. The van der Waals surface area contributed by atoms with Gasteiger partial charge in [0, 0.05) is 38.0 Å². The number of halogens is 3. The Kier molecular flexibility index (Phi) is 4.71. The standard InChI is InChI=1S/C18H25BF3NO2/c1-16(2)17(3,4)25-19(24-16)14-6-5-13(15(20)11-14)12-23-9-7-18(21,22)8-10-23/h5-6,11H,7-10,12H2,1-4H3. The average molecular weight is 355 g/mol. The largest absolute Gasteiger partial charge is 0.494 e. The minimum atomic E-state index is -2.59. The molecule has 25 heavy (non-hydrogen) atoms. The van der Waals surface area contributed by atoms with Crippen LogP contribution in [0.4, 0.5) is 13.2 Å². The van der Waals surface area contributed by atoms with Crippen LogP contribution in [0.3, 0.4) is 0 Å². The molecule has 0 bridgehead atoms. The van der Waals surface area contributed by atoms with E-state index < -0.39 is 24.2 Å². The van der Waals surface area contributed by atoms with Gasteiger partial charge in [0.2, 0.25) is 0 Å². The Hall–Kier alpha value is -1.05. The van der Waals surface area contributed by atoms with Crippen LogP contribution in [0, 0.1) is 5.82 Å². The molecule has 0 radical (unpaired) electrons. The summed E-state index contributed by atoms with van der Waals surface area (Å²) in [5.74, 6) is -2.94. The highest BCUT2D eigenvalue weighted by Gasteiger charge is 2.51. The molecule has 2 heterocycles. The van der Waals surface area contributed by atoms with Crippen molar-refractivity contribution in [2.45, 2.75) is 64.2 Å². The van der Waals surface area contributed by atoms with E-state index in [2.05, 4.69) is 0 Å². The molecule has 0 spiro atoms. The summed E-state index contributed by atoms with van der Waals surface area (Å²) < 4.78 is 52.8. The molecule has 0 unspecified atom stereocenters. The second-order valence-corrected chi connectivity index (χ2v) is 8.07. The summed E-state index contributed by atoms with van der Waals surface area (Å²) in [5.41, 5.74) is 0.174. The van der Waals surface area contributed by atoms with Gasteiger partial charge in [0.15, 0.2) is 0 Å². The molecule has 0 N–H and O–H groups in total. The predicted molar refractivity (Wildman–Crippen MR) is 91.6 cm³/mol. The molecular weight excluding hydrogens is 330 g/mol. The number of hydrogen-bond donors (Lipinski definition) is 0. The van der Waals surface area contributed by atoms with Gasteiger partial charge in [-0.3, -0.25) is 4.90 Å². The minimum Gasteiger partial charge on any atom is -0.399 e. The van der Waals surface area contributed by atoms with Crippen molar-refractivity contribution in [1.29, 1.82) is 0 Å². The summed E-state index contributed by atoms with van der Waals surface area (Å²) in [6, 6.07) is 4.91. The Bertz CT molecular complexity index is 625. The molecular formula is C18H25BF3NO2. The Morgan fingerprint density at radius 3 is 2.12 bits per heavy atom. The molecule has 2 fully saturated rings. The van der Waals surface area contributed by atoms with Crippen LogP contribution in [0.15, 0.2) is 18.2 Å². The van der Waals surface area contributed by atoms with Crippen molar-refractivity contribution in [3.8, 4) is 0 Å². The molecule has 0 saturated carbocycles. The van der Waals surface area contributed by atoms with Gasteiger partial charge in [0.1, 0.15) is 5.82 Å². The fourth-order valence-corrected chi connectivity index (χ4v) is 3.10. The van der Waals surface area contributed by atoms with E-state index in [9.17, 15) is 13.2 Å². The molecule has 2 saturated heterocycles. The Balaban J connectivity index is 1.68. The van der Waals surface area contributed by atoms with Crippen LogP contribution in [0.1, 0.15) is 46.1 Å². The summed E-state index contributed by atoms with van der Waals surface area (Å²) in [6.45, 7) is 8.70. The zero-order valence-corrected chi connectivity index (χ0v) is 15.2. The van der Waals surface area contributed by atoms with Crippen molar-refractivity contribution < 1.29 is 22.5 Å². The quantitative estimate of drug-likeness (QED) is 0.777. The number of likely N-dealkylation sites (tertiary alicyclic amines) is 1. The average Bonchev–Trinajstić information content (AvgIpc) is 2.71. The molecule has 0 aliphatic carbocycles. The summed E-state index contributed by atoms with van der Waals surface area (Å²) in [7, 11) is -0.609. The molecule has 3 rings (SSSR count). The highest BCUT2D eigenvalue weighted by molar-refractivity contribution is 6.62. The van der Waals surface area contributed by atoms with E-state index in [0.29, 0.717) is 17.6 Å². The van der Waals surface area contributed by atoms with Crippen molar-refractivity contribution in [2.75, 3.05) is 13.1 Å². The Morgan fingerprint density at radius 2 is 1.60 bits per heavy atom. The van der Waals surface area contributed by atoms with Crippen LogP contribution in [0.2, 0.25) is 0 Å². The summed E-state index contributed by atoms with van der Waals surface area (Å²) in [5, 5.41) is 0. The van der Waals surface area contributed by atoms with Gasteiger partial charge in [-0.2, -0.15) is 0 Å². The zero-order valence-electron chi connectivity index (χ0n) is 15.2. The first-order valence-corrected chi connectivity index (χ1v) is 8.73. The lowest BCUT2D eigenvalue weighted by Crippen LogP contribution is -2.41. The van der Waals surface area contributed by atoms with Crippen molar-refractivity contribution in [2.24, 2.45) is 0 Å². The third-order valence-corrected chi connectivity index (χ3v) is 5.58. The maximum Gasteiger partial charge on any atom is 0.494 e. The van der Waals surface area contributed by atoms with Gasteiger partial charge in [-0.25, -0.2) is 13.2 Å². The second-order valence-electron chi connectivity index (χ2n) is 8.07. The van der Waals surface area contributed by atoms with Crippen LogP contribution in [-0.4, -0.2) is 42.2 Å². The highest BCUT2D eigenvalue weighted by atomic mass is 19.3. The van der Waals surface area contributed by atoms with E-state index in [1.807, 2.05) is 32.6 Å². The fraction of sp³-hybridized carbons (Fsp3) is 0.667. The molecule has 0 aromatic heterocycles. The SMILES string of the molecule is CC1(C)OB(c2ccc(CN3CCC(F)(F)CC3)c(F)c2)OC1(C)C. The third-order valence-electron chi connectivity index (χ3n) is 5.58. The zero-order chi connectivity index (χ0) is 18.5. The number of nitrogens with zero attached hydrogens (tertiary/aromatic N) is 1. The number of piperidine rings is 1. The van der Waals surface area contributed by atoms with Crippen LogP contribution in [0.25, 0.3) is 0 Å². The van der Waals surface area contributed by atoms with E-state index >= 15 is 0 Å². The van der Waals surface area contributed by atoms with Crippen molar-refractivity contribution in [3.05, 3.63) is 29.6 Å². The highest BCUT2D eigenvalue weighted by Crippen LogP contribution is 2.36. The molecule has 138 valence electrons. The topological polar surface area (TPSA) is 21.7 Å². The molecule has 2 aliphatic rings.